The molecule has 7 nitrogen and oxygen atoms in total. The number of amides is 2. The van der Waals surface area contributed by atoms with Gasteiger partial charge in [0.1, 0.15) is 6.54 Å². The average Bonchev–Trinajstić information content (AvgIpc) is 2.94. The summed E-state index contributed by atoms with van der Waals surface area (Å²) >= 11 is 6.19. The van der Waals surface area contributed by atoms with Crippen LogP contribution in [0.2, 0.25) is 5.02 Å². The summed E-state index contributed by atoms with van der Waals surface area (Å²) in [6.45, 7) is 1.64. The second-order valence-electron chi connectivity index (χ2n) is 8.84. The Morgan fingerprint density at radius 3 is 2.21 bits per heavy atom. The van der Waals surface area contributed by atoms with Gasteiger partial charge in [0.05, 0.1) is 21.8 Å². The maximum absolute atomic E-state index is 13.6. The van der Waals surface area contributed by atoms with Gasteiger partial charge in [-0.15, -0.1) is 0 Å². The van der Waals surface area contributed by atoms with Crippen LogP contribution >= 0.6 is 11.6 Å². The Morgan fingerprint density at radius 1 is 0.846 bits per heavy atom. The molecule has 0 radical (unpaired) electrons. The molecule has 200 valence electrons. The number of aryl methyl sites for hydroxylation is 1. The van der Waals surface area contributed by atoms with E-state index in [0.29, 0.717) is 23.6 Å². The fourth-order valence-electron chi connectivity index (χ4n) is 4.04. The molecule has 0 aliphatic carbocycles. The van der Waals surface area contributed by atoms with Gasteiger partial charge in [0.25, 0.3) is 15.9 Å². The van der Waals surface area contributed by atoms with Crippen molar-refractivity contribution in [3.63, 3.8) is 0 Å². The molecule has 0 fully saturated rings. The topological polar surface area (TPSA) is 95.6 Å². The lowest BCUT2D eigenvalue weighted by Crippen LogP contribution is -2.39. The maximum Gasteiger partial charge on any atom is 0.264 e. The number of halogens is 1. The van der Waals surface area contributed by atoms with Gasteiger partial charge in [-0.2, -0.15) is 0 Å². The van der Waals surface area contributed by atoms with E-state index in [2.05, 4.69) is 10.6 Å². The third-order valence-corrected chi connectivity index (χ3v) is 8.06. The molecular weight excluding hydrogens is 534 g/mol. The predicted octanol–water partition coefficient (Wildman–Crippen LogP) is 5.45. The first-order chi connectivity index (χ1) is 18.8. The fraction of sp³-hybridized carbons (Fsp3) is 0.133. The van der Waals surface area contributed by atoms with Gasteiger partial charge in [-0.25, -0.2) is 8.42 Å². The van der Waals surface area contributed by atoms with E-state index in [1.165, 1.54) is 18.2 Å². The van der Waals surface area contributed by atoms with Crippen LogP contribution in [0.15, 0.2) is 108 Å². The van der Waals surface area contributed by atoms with Gasteiger partial charge in [0, 0.05) is 11.6 Å². The second kappa shape index (κ2) is 12.6. The summed E-state index contributed by atoms with van der Waals surface area (Å²) in [7, 11) is -4.11. The summed E-state index contributed by atoms with van der Waals surface area (Å²) < 4.78 is 28.3. The van der Waals surface area contributed by atoms with Gasteiger partial charge in [0.2, 0.25) is 5.91 Å². The van der Waals surface area contributed by atoms with E-state index in [1.54, 1.807) is 61.5 Å². The van der Waals surface area contributed by atoms with Crippen LogP contribution in [-0.4, -0.2) is 33.3 Å². The SMILES string of the molecule is Cc1ccc(Cl)cc1N(CC(=O)Nc1ccccc1C(=O)NCCc1ccccc1)S(=O)(=O)c1ccccc1. The van der Waals surface area contributed by atoms with E-state index in [0.717, 1.165) is 9.87 Å². The van der Waals surface area contributed by atoms with Gasteiger partial charge >= 0.3 is 0 Å². The van der Waals surface area contributed by atoms with E-state index in [9.17, 15) is 18.0 Å². The van der Waals surface area contributed by atoms with E-state index in [-0.39, 0.29) is 27.7 Å². The number of hydrogen-bond donors (Lipinski definition) is 2. The van der Waals surface area contributed by atoms with Gasteiger partial charge < -0.3 is 10.6 Å². The molecule has 0 atom stereocenters. The van der Waals surface area contributed by atoms with Crippen molar-refractivity contribution in [1.82, 2.24) is 5.32 Å². The number of carbonyl (C=O) groups is 2. The Labute approximate surface area is 233 Å². The average molecular weight is 562 g/mol. The zero-order valence-electron chi connectivity index (χ0n) is 21.3. The highest BCUT2D eigenvalue weighted by Gasteiger charge is 2.29. The van der Waals surface area contributed by atoms with Gasteiger partial charge in [-0.3, -0.25) is 13.9 Å². The summed E-state index contributed by atoms with van der Waals surface area (Å²) in [4.78, 5) is 26.2. The van der Waals surface area contributed by atoms with Crippen molar-refractivity contribution in [2.45, 2.75) is 18.2 Å². The normalized spacial score (nSPS) is 11.0. The number of nitrogens with zero attached hydrogens (tertiary/aromatic N) is 1. The predicted molar refractivity (Wildman–Crippen MR) is 155 cm³/mol. The zero-order chi connectivity index (χ0) is 27.8. The first kappa shape index (κ1) is 27.9. The van der Waals surface area contributed by atoms with Crippen LogP contribution in [0.5, 0.6) is 0 Å². The van der Waals surface area contributed by atoms with Crippen LogP contribution in [0.3, 0.4) is 0 Å². The number of sulfonamides is 1. The van der Waals surface area contributed by atoms with E-state index >= 15 is 0 Å². The molecule has 2 N–H and O–H groups in total. The van der Waals surface area contributed by atoms with Crippen LogP contribution in [0.1, 0.15) is 21.5 Å². The minimum Gasteiger partial charge on any atom is -0.352 e. The lowest BCUT2D eigenvalue weighted by atomic mass is 10.1. The molecule has 0 aliphatic heterocycles. The molecule has 4 aromatic carbocycles. The highest BCUT2D eigenvalue weighted by molar-refractivity contribution is 7.92. The third kappa shape index (κ3) is 7.04. The van der Waals surface area contributed by atoms with Gasteiger partial charge in [-0.05, 0) is 60.9 Å². The van der Waals surface area contributed by atoms with Crippen LogP contribution in [0.25, 0.3) is 0 Å². The summed E-state index contributed by atoms with van der Waals surface area (Å²) in [6, 6.07) is 29.1. The Balaban J connectivity index is 1.54. The molecule has 2 amide bonds. The lowest BCUT2D eigenvalue weighted by molar-refractivity contribution is -0.114. The molecule has 39 heavy (non-hydrogen) atoms. The molecule has 4 aromatic rings. The lowest BCUT2D eigenvalue weighted by Gasteiger charge is -2.26. The molecule has 0 saturated heterocycles. The first-order valence-electron chi connectivity index (χ1n) is 12.3. The molecule has 0 unspecified atom stereocenters. The van der Waals surface area contributed by atoms with E-state index in [1.807, 2.05) is 30.3 Å². The molecule has 0 saturated carbocycles. The summed E-state index contributed by atoms with van der Waals surface area (Å²) in [5.74, 6) is -0.959. The minimum atomic E-state index is -4.11. The van der Waals surface area contributed by atoms with Crippen LogP contribution in [-0.2, 0) is 21.2 Å². The maximum atomic E-state index is 13.6. The van der Waals surface area contributed by atoms with Crippen molar-refractivity contribution < 1.29 is 18.0 Å². The van der Waals surface area contributed by atoms with Crippen molar-refractivity contribution in [3.05, 3.63) is 125 Å². The third-order valence-electron chi connectivity index (χ3n) is 6.05. The Morgan fingerprint density at radius 2 is 1.49 bits per heavy atom. The Bertz CT molecular complexity index is 1560. The monoisotopic (exact) mass is 561 g/mol. The smallest absolute Gasteiger partial charge is 0.264 e. The molecule has 4 rings (SSSR count). The van der Waals surface area contributed by atoms with Crippen molar-refractivity contribution >= 4 is 44.8 Å². The molecule has 0 aromatic heterocycles. The van der Waals surface area contributed by atoms with Gasteiger partial charge in [-0.1, -0.05) is 78.3 Å². The molecule has 0 aliphatic rings. The highest BCUT2D eigenvalue weighted by Crippen LogP contribution is 2.29. The molecular formula is C30H28ClN3O4S. The number of rotatable bonds is 10. The summed E-state index contributed by atoms with van der Waals surface area (Å²) in [5.41, 5.74) is 2.56. The second-order valence-corrected chi connectivity index (χ2v) is 11.1. The molecule has 9 heteroatoms. The zero-order valence-corrected chi connectivity index (χ0v) is 22.9. The largest absolute Gasteiger partial charge is 0.352 e. The van der Waals surface area contributed by atoms with E-state index < -0.39 is 22.5 Å². The number of hydrogen-bond acceptors (Lipinski definition) is 4. The first-order valence-corrected chi connectivity index (χ1v) is 14.1. The van der Waals surface area contributed by atoms with Crippen LogP contribution < -0.4 is 14.9 Å². The van der Waals surface area contributed by atoms with E-state index in [4.69, 9.17) is 11.6 Å². The minimum absolute atomic E-state index is 0.0374. The standard InChI is InChI=1S/C30H28ClN3O4S/c1-22-16-17-24(31)20-28(22)34(39(37,38)25-12-6-3-7-13-25)21-29(35)33-27-15-9-8-14-26(27)30(36)32-19-18-23-10-4-2-5-11-23/h2-17,20H,18-19,21H2,1H3,(H,32,36)(H,33,35). The number of carbonyl (C=O) groups excluding carboxylic acids is 2. The fourth-order valence-corrected chi connectivity index (χ4v) is 5.71. The van der Waals surface area contributed by atoms with Crippen LogP contribution in [0, 0.1) is 6.92 Å². The Hall–Kier alpha value is -4.14. The van der Waals surface area contributed by atoms with Crippen molar-refractivity contribution in [2.24, 2.45) is 0 Å². The van der Waals surface area contributed by atoms with Crippen molar-refractivity contribution in [2.75, 3.05) is 22.7 Å². The Kier molecular flexibility index (Phi) is 9.01. The molecule has 0 spiro atoms. The van der Waals surface area contributed by atoms with Gasteiger partial charge in [0.15, 0.2) is 0 Å². The molecule has 0 heterocycles. The van der Waals surface area contributed by atoms with Crippen molar-refractivity contribution in [1.29, 1.82) is 0 Å². The highest BCUT2D eigenvalue weighted by atomic mass is 35.5. The van der Waals surface area contributed by atoms with Crippen molar-refractivity contribution in [3.8, 4) is 0 Å². The summed E-state index contributed by atoms with van der Waals surface area (Å²) in [5, 5.41) is 5.93. The summed E-state index contributed by atoms with van der Waals surface area (Å²) in [6.07, 6.45) is 0.659. The number of anilines is 2. The number of para-hydroxylation sites is 1. The quantitative estimate of drug-likeness (QED) is 0.269. The number of benzene rings is 4. The number of nitrogens with one attached hydrogen (secondary N) is 2. The molecule has 0 bridgehead atoms. The van der Waals surface area contributed by atoms with Crippen LogP contribution in [0.4, 0.5) is 11.4 Å².